The molecule has 0 unspecified atom stereocenters. The molecule has 0 spiro atoms. The molecule has 2 aromatic rings. The molecule has 10 heteroatoms. The standard InChI is InChI=1S/C14H15ClF2N4O2S/c1-2-3-11-19-20-14(24)21(11)7-12(22)18-8-4-5-10(9(15)6-8)23-13(16)17/h4-6,13H,2-3,7H2,1H3,(H,18,22)(H,20,24). The number of anilines is 1. The van der Waals surface area contributed by atoms with Crippen molar-refractivity contribution >= 4 is 35.4 Å². The first-order valence-corrected chi connectivity index (χ1v) is 7.87. The van der Waals surface area contributed by atoms with Gasteiger partial charge in [-0.2, -0.15) is 13.9 Å². The number of nitrogens with one attached hydrogen (secondary N) is 2. The van der Waals surface area contributed by atoms with E-state index in [-0.39, 0.29) is 23.2 Å². The third-order valence-corrected chi connectivity index (χ3v) is 3.65. The van der Waals surface area contributed by atoms with Crippen LogP contribution in [0.1, 0.15) is 19.2 Å². The summed E-state index contributed by atoms with van der Waals surface area (Å²) in [6.07, 6.45) is 1.55. The second kappa shape index (κ2) is 8.20. The number of aromatic amines is 1. The minimum absolute atomic E-state index is 0.0163. The predicted molar refractivity (Wildman–Crippen MR) is 88.1 cm³/mol. The smallest absolute Gasteiger partial charge is 0.387 e. The Morgan fingerprint density at radius 1 is 1.54 bits per heavy atom. The van der Waals surface area contributed by atoms with Crippen molar-refractivity contribution in [3.63, 3.8) is 0 Å². The van der Waals surface area contributed by atoms with Crippen molar-refractivity contribution in [3.05, 3.63) is 33.8 Å². The van der Waals surface area contributed by atoms with E-state index in [0.29, 0.717) is 22.7 Å². The lowest BCUT2D eigenvalue weighted by molar-refractivity contribution is -0.116. The van der Waals surface area contributed by atoms with E-state index < -0.39 is 6.61 Å². The van der Waals surface area contributed by atoms with Crippen LogP contribution < -0.4 is 10.1 Å². The Morgan fingerprint density at radius 3 is 2.92 bits per heavy atom. The first-order chi connectivity index (χ1) is 11.4. The SMILES string of the molecule is CCCc1n[nH]c(=S)n1CC(=O)Nc1ccc(OC(F)F)c(Cl)c1. The van der Waals surface area contributed by atoms with Gasteiger partial charge in [-0.25, -0.2) is 0 Å². The van der Waals surface area contributed by atoms with E-state index in [0.717, 1.165) is 6.42 Å². The molecule has 1 heterocycles. The van der Waals surface area contributed by atoms with Crippen LogP contribution in [0.15, 0.2) is 18.2 Å². The Morgan fingerprint density at radius 2 is 2.29 bits per heavy atom. The first kappa shape index (κ1) is 18.3. The van der Waals surface area contributed by atoms with E-state index in [1.165, 1.54) is 18.2 Å². The molecule has 0 bridgehead atoms. The van der Waals surface area contributed by atoms with E-state index in [4.69, 9.17) is 23.8 Å². The number of aromatic nitrogens is 3. The summed E-state index contributed by atoms with van der Waals surface area (Å²) in [4.78, 5) is 12.1. The first-order valence-electron chi connectivity index (χ1n) is 7.09. The van der Waals surface area contributed by atoms with Crippen molar-refractivity contribution in [1.82, 2.24) is 14.8 Å². The highest BCUT2D eigenvalue weighted by Crippen LogP contribution is 2.28. The fourth-order valence-corrected chi connectivity index (χ4v) is 2.48. The molecule has 1 amide bonds. The average Bonchev–Trinajstić information content (AvgIpc) is 2.83. The molecule has 0 radical (unpaired) electrons. The summed E-state index contributed by atoms with van der Waals surface area (Å²) in [5.41, 5.74) is 0.360. The Labute approximate surface area is 146 Å². The number of aryl methyl sites for hydroxylation is 1. The third-order valence-electron chi connectivity index (χ3n) is 3.04. The monoisotopic (exact) mass is 376 g/mol. The molecule has 24 heavy (non-hydrogen) atoms. The average molecular weight is 377 g/mol. The van der Waals surface area contributed by atoms with Gasteiger partial charge in [0.1, 0.15) is 18.1 Å². The summed E-state index contributed by atoms with van der Waals surface area (Å²) >= 11 is 10.9. The number of alkyl halides is 2. The van der Waals surface area contributed by atoms with E-state index in [2.05, 4.69) is 20.3 Å². The van der Waals surface area contributed by atoms with Gasteiger partial charge >= 0.3 is 6.61 Å². The quantitative estimate of drug-likeness (QED) is 0.721. The maximum absolute atomic E-state index is 12.2. The van der Waals surface area contributed by atoms with Gasteiger partial charge in [0.15, 0.2) is 4.77 Å². The summed E-state index contributed by atoms with van der Waals surface area (Å²) < 4.78 is 30.6. The van der Waals surface area contributed by atoms with Gasteiger partial charge in [0.25, 0.3) is 0 Å². The van der Waals surface area contributed by atoms with Gasteiger partial charge in [0, 0.05) is 12.1 Å². The molecular formula is C14H15ClF2N4O2S. The second-order valence-electron chi connectivity index (χ2n) is 4.85. The normalized spacial score (nSPS) is 10.9. The summed E-state index contributed by atoms with van der Waals surface area (Å²) in [5.74, 6) is 0.187. The summed E-state index contributed by atoms with van der Waals surface area (Å²) in [5, 5.41) is 9.32. The van der Waals surface area contributed by atoms with E-state index >= 15 is 0 Å². The topological polar surface area (TPSA) is 71.9 Å². The van der Waals surface area contributed by atoms with Crippen molar-refractivity contribution in [2.24, 2.45) is 0 Å². The van der Waals surface area contributed by atoms with Gasteiger partial charge in [-0.3, -0.25) is 14.5 Å². The number of rotatable bonds is 7. The number of carbonyl (C=O) groups is 1. The summed E-state index contributed by atoms with van der Waals surface area (Å²) in [7, 11) is 0. The Hall–Kier alpha value is -2.00. The highest BCUT2D eigenvalue weighted by Gasteiger charge is 2.12. The minimum Gasteiger partial charge on any atom is -0.433 e. The molecule has 0 saturated heterocycles. The molecular weight excluding hydrogens is 362 g/mol. The van der Waals surface area contributed by atoms with Crippen molar-refractivity contribution < 1.29 is 18.3 Å². The molecule has 2 N–H and O–H groups in total. The second-order valence-corrected chi connectivity index (χ2v) is 5.65. The number of amides is 1. The largest absolute Gasteiger partial charge is 0.433 e. The number of H-pyrrole nitrogens is 1. The summed E-state index contributed by atoms with van der Waals surface area (Å²) in [6, 6.07) is 4.01. The van der Waals surface area contributed by atoms with Crippen LogP contribution in [0.5, 0.6) is 5.75 Å². The van der Waals surface area contributed by atoms with Crippen molar-refractivity contribution in [2.45, 2.75) is 32.9 Å². The molecule has 130 valence electrons. The lowest BCUT2D eigenvalue weighted by atomic mass is 10.3. The zero-order chi connectivity index (χ0) is 17.7. The van der Waals surface area contributed by atoms with Crippen molar-refractivity contribution in [1.29, 1.82) is 0 Å². The molecule has 0 aliphatic carbocycles. The fourth-order valence-electron chi connectivity index (χ4n) is 2.04. The predicted octanol–water partition coefficient (Wildman–Crippen LogP) is 3.79. The van der Waals surface area contributed by atoms with Gasteiger partial charge in [-0.1, -0.05) is 18.5 Å². The van der Waals surface area contributed by atoms with Crippen LogP contribution in [-0.2, 0) is 17.8 Å². The van der Waals surface area contributed by atoms with Crippen LogP contribution in [-0.4, -0.2) is 27.3 Å². The number of nitrogens with zero attached hydrogens (tertiary/aromatic N) is 2. The number of hydrogen-bond donors (Lipinski definition) is 2. The van der Waals surface area contributed by atoms with Crippen LogP contribution in [0, 0.1) is 4.77 Å². The maximum atomic E-state index is 12.2. The van der Waals surface area contributed by atoms with E-state index in [9.17, 15) is 13.6 Å². The molecule has 1 aromatic carbocycles. The highest BCUT2D eigenvalue weighted by atomic mass is 35.5. The van der Waals surface area contributed by atoms with Gasteiger partial charge < -0.3 is 10.1 Å². The van der Waals surface area contributed by atoms with E-state index in [1.54, 1.807) is 4.57 Å². The number of hydrogen-bond acceptors (Lipinski definition) is 4. The highest BCUT2D eigenvalue weighted by molar-refractivity contribution is 7.71. The van der Waals surface area contributed by atoms with Gasteiger partial charge in [-0.05, 0) is 36.8 Å². The molecule has 6 nitrogen and oxygen atoms in total. The van der Waals surface area contributed by atoms with Gasteiger partial charge in [-0.15, -0.1) is 0 Å². The van der Waals surface area contributed by atoms with Crippen LogP contribution >= 0.6 is 23.8 Å². The Bertz CT molecular complexity index is 778. The molecule has 0 fully saturated rings. The van der Waals surface area contributed by atoms with Crippen molar-refractivity contribution in [2.75, 3.05) is 5.32 Å². The maximum Gasteiger partial charge on any atom is 0.387 e. The van der Waals surface area contributed by atoms with Gasteiger partial charge in [0.05, 0.1) is 5.02 Å². The number of benzene rings is 1. The number of carbonyl (C=O) groups excluding carboxylic acids is 1. The zero-order valence-electron chi connectivity index (χ0n) is 12.7. The number of halogens is 3. The lowest BCUT2D eigenvalue weighted by Crippen LogP contribution is -2.20. The lowest BCUT2D eigenvalue weighted by Gasteiger charge is -2.10. The number of ether oxygens (including phenoxy) is 1. The van der Waals surface area contributed by atoms with Crippen LogP contribution in [0.25, 0.3) is 0 Å². The van der Waals surface area contributed by atoms with Crippen molar-refractivity contribution in [3.8, 4) is 5.75 Å². The van der Waals surface area contributed by atoms with E-state index in [1.807, 2.05) is 6.92 Å². The van der Waals surface area contributed by atoms with Gasteiger partial charge in [0.2, 0.25) is 5.91 Å². The molecule has 2 rings (SSSR count). The Kier molecular flexibility index (Phi) is 6.27. The molecule has 0 aliphatic rings. The molecule has 1 aromatic heterocycles. The fraction of sp³-hybridized carbons (Fsp3) is 0.357. The molecule has 0 atom stereocenters. The zero-order valence-corrected chi connectivity index (χ0v) is 14.3. The Balaban J connectivity index is 2.06. The summed E-state index contributed by atoms with van der Waals surface area (Å²) in [6.45, 7) is -0.993. The molecule has 0 aliphatic heterocycles. The third kappa shape index (κ3) is 4.75. The minimum atomic E-state index is -2.97. The van der Waals surface area contributed by atoms with Crippen LogP contribution in [0.3, 0.4) is 0 Å². The molecule has 0 saturated carbocycles. The van der Waals surface area contributed by atoms with Crippen LogP contribution in [0.2, 0.25) is 5.02 Å². The van der Waals surface area contributed by atoms with Crippen LogP contribution in [0.4, 0.5) is 14.5 Å².